The van der Waals surface area contributed by atoms with Gasteiger partial charge in [0.15, 0.2) is 0 Å². The highest BCUT2D eigenvalue weighted by Gasteiger charge is 2.10. The quantitative estimate of drug-likeness (QED) is 0.781. The maximum Gasteiger partial charge on any atom is 0.282 e. The molecule has 3 nitrogen and oxygen atoms in total. The largest absolute Gasteiger partial charge is 0.282 e. The molecular weight excluding hydrogens is 350 g/mol. The van der Waals surface area contributed by atoms with E-state index in [1.54, 1.807) is 36.4 Å². The summed E-state index contributed by atoms with van der Waals surface area (Å²) in [5.74, 6) is 0. The zero-order valence-corrected chi connectivity index (χ0v) is 12.8. The van der Waals surface area contributed by atoms with Gasteiger partial charge in [0.1, 0.15) is 0 Å². The lowest BCUT2D eigenvalue weighted by Crippen LogP contribution is -1.97. The standard InChI is InChI=1S/C13H9BrClNO2S/c14-11-3-7-13(8-4-11)19(17,18)16-9-10-1-5-12(15)6-2-10/h1-9H. The third kappa shape index (κ3) is 3.89. The van der Waals surface area contributed by atoms with Crippen molar-refractivity contribution in [2.75, 3.05) is 0 Å². The van der Waals surface area contributed by atoms with Crippen LogP contribution < -0.4 is 0 Å². The summed E-state index contributed by atoms with van der Waals surface area (Å²) < 4.78 is 28.3. The smallest absolute Gasteiger partial charge is 0.199 e. The number of nitrogens with zero attached hydrogens (tertiary/aromatic N) is 1. The van der Waals surface area contributed by atoms with Crippen LogP contribution in [0.15, 0.2) is 62.3 Å². The second-order valence-electron chi connectivity index (χ2n) is 3.72. The fourth-order valence-corrected chi connectivity index (χ4v) is 2.60. The van der Waals surface area contributed by atoms with E-state index in [1.807, 2.05) is 0 Å². The van der Waals surface area contributed by atoms with Crippen molar-refractivity contribution < 1.29 is 8.42 Å². The summed E-state index contributed by atoms with van der Waals surface area (Å²) in [5.41, 5.74) is 0.671. The maximum absolute atomic E-state index is 11.9. The molecule has 2 rings (SSSR count). The summed E-state index contributed by atoms with van der Waals surface area (Å²) in [4.78, 5) is 0.154. The van der Waals surface area contributed by atoms with Gasteiger partial charge in [-0.2, -0.15) is 12.8 Å². The van der Waals surface area contributed by atoms with E-state index in [-0.39, 0.29) is 4.90 Å². The fourth-order valence-electron chi connectivity index (χ4n) is 1.35. The van der Waals surface area contributed by atoms with Gasteiger partial charge in [0.2, 0.25) is 0 Å². The molecule has 0 spiro atoms. The minimum Gasteiger partial charge on any atom is -0.199 e. The number of sulfonamides is 1. The third-order valence-corrected chi connectivity index (χ3v) is 4.35. The zero-order chi connectivity index (χ0) is 13.9. The first-order chi connectivity index (χ1) is 8.97. The Bertz CT molecular complexity index is 694. The van der Waals surface area contributed by atoms with Crippen LogP contribution in [0.4, 0.5) is 0 Å². The molecule has 0 saturated heterocycles. The molecule has 0 heterocycles. The van der Waals surface area contributed by atoms with E-state index in [9.17, 15) is 8.42 Å². The molecule has 0 atom stereocenters. The highest BCUT2D eigenvalue weighted by molar-refractivity contribution is 9.10. The van der Waals surface area contributed by atoms with Crippen molar-refractivity contribution in [3.05, 3.63) is 63.6 Å². The van der Waals surface area contributed by atoms with Gasteiger partial charge in [-0.25, -0.2) is 0 Å². The van der Waals surface area contributed by atoms with Crippen molar-refractivity contribution in [2.24, 2.45) is 4.40 Å². The summed E-state index contributed by atoms with van der Waals surface area (Å²) in [6.45, 7) is 0. The monoisotopic (exact) mass is 357 g/mol. The highest BCUT2D eigenvalue weighted by atomic mass is 79.9. The SMILES string of the molecule is O=S(=O)(N=Cc1ccc(Cl)cc1)c1ccc(Br)cc1. The molecule has 6 heteroatoms. The Kier molecular flexibility index (Phi) is 4.39. The lowest BCUT2D eigenvalue weighted by molar-refractivity contribution is 0.598. The van der Waals surface area contributed by atoms with Crippen molar-refractivity contribution in [3.8, 4) is 0 Å². The number of hydrogen-bond acceptors (Lipinski definition) is 2. The molecule has 0 unspecified atom stereocenters. The summed E-state index contributed by atoms with van der Waals surface area (Å²) in [7, 11) is -3.67. The van der Waals surface area contributed by atoms with E-state index in [2.05, 4.69) is 20.3 Å². The molecule has 19 heavy (non-hydrogen) atoms. The normalized spacial score (nSPS) is 11.9. The molecule has 0 aliphatic carbocycles. The minimum atomic E-state index is -3.67. The van der Waals surface area contributed by atoms with Crippen molar-refractivity contribution in [3.63, 3.8) is 0 Å². The van der Waals surface area contributed by atoms with Gasteiger partial charge in [0.05, 0.1) is 4.90 Å². The van der Waals surface area contributed by atoms with Crippen LogP contribution >= 0.6 is 27.5 Å². The van der Waals surface area contributed by atoms with Gasteiger partial charge in [-0.15, -0.1) is 0 Å². The first kappa shape index (κ1) is 14.2. The van der Waals surface area contributed by atoms with Crippen LogP contribution in [-0.2, 0) is 10.0 Å². The van der Waals surface area contributed by atoms with Gasteiger partial charge < -0.3 is 0 Å². The molecule has 0 fully saturated rings. The first-order valence-electron chi connectivity index (χ1n) is 5.29. The van der Waals surface area contributed by atoms with E-state index in [1.165, 1.54) is 18.3 Å². The molecule has 0 aromatic heterocycles. The van der Waals surface area contributed by atoms with Crippen molar-refractivity contribution in [1.82, 2.24) is 0 Å². The van der Waals surface area contributed by atoms with Gasteiger partial charge in [-0.3, -0.25) is 0 Å². The van der Waals surface area contributed by atoms with Gasteiger partial charge in [-0.1, -0.05) is 39.7 Å². The summed E-state index contributed by atoms with van der Waals surface area (Å²) in [6.07, 6.45) is 1.30. The molecule has 0 saturated carbocycles. The minimum absolute atomic E-state index is 0.154. The molecule has 0 radical (unpaired) electrons. The van der Waals surface area contributed by atoms with Crippen LogP contribution in [0.3, 0.4) is 0 Å². The molecule has 0 aliphatic rings. The lowest BCUT2D eigenvalue weighted by Gasteiger charge is -1.98. The Morgan fingerprint density at radius 2 is 1.58 bits per heavy atom. The summed E-state index contributed by atoms with van der Waals surface area (Å²) in [5, 5.41) is 0.591. The maximum atomic E-state index is 11.9. The Hall–Kier alpha value is -1.17. The van der Waals surface area contributed by atoms with E-state index in [0.717, 1.165) is 4.47 Å². The Balaban J connectivity index is 2.26. The average Bonchev–Trinajstić information content (AvgIpc) is 2.39. The van der Waals surface area contributed by atoms with Crippen LogP contribution in [0.2, 0.25) is 5.02 Å². The second kappa shape index (κ2) is 5.86. The molecule has 2 aromatic carbocycles. The molecule has 0 aliphatic heterocycles. The number of benzene rings is 2. The molecular formula is C13H9BrClNO2S. The van der Waals surface area contributed by atoms with E-state index in [0.29, 0.717) is 10.6 Å². The summed E-state index contributed by atoms with van der Waals surface area (Å²) >= 11 is 8.99. The molecule has 98 valence electrons. The molecule has 0 bridgehead atoms. The Morgan fingerprint density at radius 1 is 1.00 bits per heavy atom. The van der Waals surface area contributed by atoms with Crippen molar-refractivity contribution >= 4 is 43.8 Å². The van der Waals surface area contributed by atoms with E-state index in [4.69, 9.17) is 11.6 Å². The molecule has 2 aromatic rings. The molecule has 0 amide bonds. The van der Waals surface area contributed by atoms with Crippen LogP contribution in [0.25, 0.3) is 0 Å². The first-order valence-corrected chi connectivity index (χ1v) is 7.90. The lowest BCUT2D eigenvalue weighted by atomic mass is 10.2. The van der Waals surface area contributed by atoms with Crippen molar-refractivity contribution in [1.29, 1.82) is 0 Å². The van der Waals surface area contributed by atoms with Crippen LogP contribution in [0.5, 0.6) is 0 Å². The highest BCUT2D eigenvalue weighted by Crippen LogP contribution is 2.16. The topological polar surface area (TPSA) is 46.5 Å². The average molecular weight is 359 g/mol. The summed E-state index contributed by atoms with van der Waals surface area (Å²) in [6, 6.07) is 13.1. The predicted molar refractivity (Wildman–Crippen MR) is 80.4 cm³/mol. The van der Waals surface area contributed by atoms with Gasteiger partial charge >= 0.3 is 0 Å². The van der Waals surface area contributed by atoms with E-state index >= 15 is 0 Å². The number of rotatable bonds is 3. The third-order valence-electron chi connectivity index (χ3n) is 2.32. The fraction of sp³-hybridized carbons (Fsp3) is 0. The van der Waals surface area contributed by atoms with Crippen LogP contribution in [0, 0.1) is 0 Å². The Morgan fingerprint density at radius 3 is 2.16 bits per heavy atom. The van der Waals surface area contributed by atoms with Gasteiger partial charge in [0, 0.05) is 15.7 Å². The van der Waals surface area contributed by atoms with E-state index < -0.39 is 10.0 Å². The van der Waals surface area contributed by atoms with Crippen LogP contribution in [-0.4, -0.2) is 14.6 Å². The zero-order valence-electron chi connectivity index (χ0n) is 9.62. The second-order valence-corrected chi connectivity index (χ2v) is 6.70. The van der Waals surface area contributed by atoms with Crippen molar-refractivity contribution in [2.45, 2.75) is 4.90 Å². The Labute approximate surface area is 125 Å². The van der Waals surface area contributed by atoms with Gasteiger partial charge in [-0.05, 0) is 42.0 Å². The van der Waals surface area contributed by atoms with Crippen LogP contribution in [0.1, 0.15) is 5.56 Å². The predicted octanol–water partition coefficient (Wildman–Crippen LogP) is 3.91. The molecule has 0 N–H and O–H groups in total. The van der Waals surface area contributed by atoms with Gasteiger partial charge in [0.25, 0.3) is 10.0 Å². The number of hydrogen-bond donors (Lipinski definition) is 0. The number of halogens is 2.